The first-order valence-electron chi connectivity index (χ1n) is 8.97. The molecule has 0 bridgehead atoms. The highest BCUT2D eigenvalue weighted by atomic mass is 32.2. The molecule has 3 unspecified atom stereocenters. The van der Waals surface area contributed by atoms with Crippen molar-refractivity contribution < 1.29 is 13.2 Å². The minimum absolute atomic E-state index is 0.0876. The molecule has 0 aliphatic carbocycles. The Morgan fingerprint density at radius 3 is 2.16 bits per heavy atom. The smallest absolute Gasteiger partial charge is 0.243 e. The van der Waals surface area contributed by atoms with Gasteiger partial charge in [-0.3, -0.25) is 4.79 Å². The van der Waals surface area contributed by atoms with Gasteiger partial charge in [-0.15, -0.1) is 0 Å². The summed E-state index contributed by atoms with van der Waals surface area (Å²) in [6, 6.07) is 9.24. The first-order chi connectivity index (χ1) is 11.6. The van der Waals surface area contributed by atoms with Crippen molar-refractivity contribution in [3.05, 3.63) is 35.9 Å². The number of carbonyl (C=O) groups is 1. The Morgan fingerprint density at radius 2 is 1.68 bits per heavy atom. The second kappa shape index (κ2) is 7.59. The maximum atomic E-state index is 12.9. The fourth-order valence-electron chi connectivity index (χ4n) is 3.04. The molecule has 25 heavy (non-hydrogen) atoms. The van der Waals surface area contributed by atoms with Gasteiger partial charge in [0.05, 0.1) is 11.8 Å². The largest absolute Gasteiger partial charge is 0.342 e. The Morgan fingerprint density at radius 1 is 1.12 bits per heavy atom. The highest BCUT2D eigenvalue weighted by Crippen LogP contribution is 2.47. The van der Waals surface area contributed by atoms with Crippen LogP contribution in [0.4, 0.5) is 0 Å². The summed E-state index contributed by atoms with van der Waals surface area (Å²) in [7, 11) is -4.91. The number of hydrogen-bond acceptors (Lipinski definition) is 3. The molecule has 1 heterocycles. The van der Waals surface area contributed by atoms with Crippen molar-refractivity contribution in [2.45, 2.75) is 51.6 Å². The molecule has 5 nitrogen and oxygen atoms in total. The summed E-state index contributed by atoms with van der Waals surface area (Å²) in [4.78, 5) is 14.6. The minimum Gasteiger partial charge on any atom is -0.342 e. The van der Waals surface area contributed by atoms with Crippen molar-refractivity contribution in [3.63, 3.8) is 0 Å². The summed E-state index contributed by atoms with van der Waals surface area (Å²) in [5.74, 6) is 0.0455. The summed E-state index contributed by atoms with van der Waals surface area (Å²) in [5, 5.41) is 0. The van der Waals surface area contributed by atoms with Crippen molar-refractivity contribution in [1.82, 2.24) is 9.21 Å². The molecule has 3 atom stereocenters. The third kappa shape index (κ3) is 4.71. The van der Waals surface area contributed by atoms with Crippen LogP contribution in [-0.4, -0.2) is 56.5 Å². The molecule has 0 N–H and O–H groups in total. The lowest BCUT2D eigenvalue weighted by Crippen LogP contribution is -2.37. The Balaban J connectivity index is 2.28. The maximum Gasteiger partial charge on any atom is 0.243 e. The maximum absolute atomic E-state index is 12.9. The van der Waals surface area contributed by atoms with E-state index in [1.165, 1.54) is 4.31 Å². The van der Waals surface area contributed by atoms with Crippen LogP contribution in [0.25, 0.3) is 0 Å². The van der Waals surface area contributed by atoms with E-state index in [0.717, 1.165) is 5.56 Å². The van der Waals surface area contributed by atoms with Gasteiger partial charge in [0.25, 0.3) is 0 Å². The first kappa shape index (κ1) is 20.1. The van der Waals surface area contributed by atoms with E-state index in [2.05, 4.69) is 19.6 Å². The SMILES string of the molecule is CCN(CC)C(=O)C1C(c2ccccc2)N1S(=O)(=O)CC[Si](C)(C)C. The molecule has 1 saturated heterocycles. The number of sulfonamides is 1. The number of carbonyl (C=O) groups excluding carboxylic acids is 1. The zero-order valence-electron chi connectivity index (χ0n) is 15.9. The van der Waals surface area contributed by atoms with Gasteiger partial charge in [-0.1, -0.05) is 50.0 Å². The molecule has 0 aromatic heterocycles. The molecule has 0 radical (unpaired) electrons. The standard InChI is InChI=1S/C18H30N2O3SSi/c1-6-19(7-2)18(21)17-16(15-11-9-8-10-12-15)20(17)24(22,23)13-14-25(3,4)5/h8-12,16-17H,6-7,13-14H2,1-5H3. The van der Waals surface area contributed by atoms with Gasteiger partial charge < -0.3 is 4.90 Å². The molecule has 2 rings (SSSR count). The topological polar surface area (TPSA) is 57.5 Å². The van der Waals surface area contributed by atoms with Crippen LogP contribution < -0.4 is 0 Å². The van der Waals surface area contributed by atoms with Crippen LogP contribution in [0.2, 0.25) is 25.7 Å². The molecule has 1 aliphatic heterocycles. The van der Waals surface area contributed by atoms with E-state index in [0.29, 0.717) is 19.1 Å². The number of hydrogen-bond donors (Lipinski definition) is 0. The monoisotopic (exact) mass is 382 g/mol. The lowest BCUT2D eigenvalue weighted by Gasteiger charge is -2.19. The van der Waals surface area contributed by atoms with E-state index in [-0.39, 0.29) is 17.7 Å². The molecular weight excluding hydrogens is 352 g/mol. The average molecular weight is 383 g/mol. The molecule has 140 valence electrons. The Bertz CT molecular complexity index is 697. The zero-order valence-corrected chi connectivity index (χ0v) is 17.7. The van der Waals surface area contributed by atoms with Gasteiger partial charge in [0.2, 0.25) is 15.9 Å². The summed E-state index contributed by atoms with van der Waals surface area (Å²) >= 11 is 0. The van der Waals surface area contributed by atoms with Crippen LogP contribution in [0.5, 0.6) is 0 Å². The van der Waals surface area contributed by atoms with E-state index in [4.69, 9.17) is 0 Å². The molecule has 1 amide bonds. The molecule has 7 heteroatoms. The number of likely N-dealkylation sites (N-methyl/N-ethyl adjacent to an activating group) is 1. The van der Waals surface area contributed by atoms with Gasteiger partial charge in [-0.05, 0) is 25.5 Å². The van der Waals surface area contributed by atoms with Crippen molar-refractivity contribution >= 4 is 24.0 Å². The Labute approximate surface area is 153 Å². The molecule has 1 aliphatic rings. The molecular formula is C18H30N2O3SSi. The number of amides is 1. The fraction of sp³-hybridized carbons (Fsp3) is 0.611. The van der Waals surface area contributed by atoms with Crippen molar-refractivity contribution in [2.75, 3.05) is 18.8 Å². The Hall–Kier alpha value is -1.18. The second-order valence-electron chi connectivity index (χ2n) is 7.77. The highest BCUT2D eigenvalue weighted by molar-refractivity contribution is 7.89. The van der Waals surface area contributed by atoms with Gasteiger partial charge in [0.15, 0.2) is 0 Å². The summed E-state index contributed by atoms with van der Waals surface area (Å²) in [6.07, 6.45) is 0. The lowest BCUT2D eigenvalue weighted by atomic mass is 10.1. The van der Waals surface area contributed by atoms with Crippen LogP contribution in [0.1, 0.15) is 25.5 Å². The predicted molar refractivity (Wildman–Crippen MR) is 105 cm³/mol. The summed E-state index contributed by atoms with van der Waals surface area (Å²) in [6.45, 7) is 11.5. The van der Waals surface area contributed by atoms with Crippen LogP contribution >= 0.6 is 0 Å². The molecule has 1 aromatic rings. The van der Waals surface area contributed by atoms with E-state index < -0.39 is 24.1 Å². The van der Waals surface area contributed by atoms with Crippen molar-refractivity contribution in [2.24, 2.45) is 0 Å². The predicted octanol–water partition coefficient (Wildman–Crippen LogP) is 2.95. The molecule has 1 fully saturated rings. The van der Waals surface area contributed by atoms with Crippen LogP contribution in [0.3, 0.4) is 0 Å². The average Bonchev–Trinajstić information content (AvgIpc) is 3.31. The number of nitrogens with zero attached hydrogens (tertiary/aromatic N) is 2. The number of benzene rings is 1. The normalized spacial score (nSPS) is 23.3. The van der Waals surface area contributed by atoms with Gasteiger partial charge in [-0.2, -0.15) is 4.31 Å². The summed E-state index contributed by atoms with van der Waals surface area (Å²) in [5.41, 5.74) is 0.893. The van der Waals surface area contributed by atoms with E-state index >= 15 is 0 Å². The molecule has 0 saturated carbocycles. The van der Waals surface area contributed by atoms with Gasteiger partial charge in [0.1, 0.15) is 6.04 Å². The van der Waals surface area contributed by atoms with E-state index in [1.807, 2.05) is 44.2 Å². The van der Waals surface area contributed by atoms with Crippen molar-refractivity contribution in [1.29, 1.82) is 0 Å². The zero-order chi connectivity index (χ0) is 18.8. The van der Waals surface area contributed by atoms with Crippen molar-refractivity contribution in [3.8, 4) is 0 Å². The lowest BCUT2D eigenvalue weighted by molar-refractivity contribution is -0.130. The van der Waals surface area contributed by atoms with Crippen LogP contribution in [0, 0.1) is 0 Å². The highest BCUT2D eigenvalue weighted by Gasteiger charge is 2.60. The first-order valence-corrected chi connectivity index (χ1v) is 14.3. The van der Waals surface area contributed by atoms with E-state index in [1.54, 1.807) is 4.90 Å². The second-order valence-corrected chi connectivity index (χ2v) is 15.4. The molecule has 0 spiro atoms. The molecule has 1 aromatic carbocycles. The third-order valence-electron chi connectivity index (χ3n) is 4.66. The quantitative estimate of drug-likeness (QED) is 0.513. The summed E-state index contributed by atoms with van der Waals surface area (Å²) < 4.78 is 27.3. The fourth-order valence-corrected chi connectivity index (χ4v) is 7.82. The van der Waals surface area contributed by atoms with Crippen LogP contribution in [-0.2, 0) is 14.8 Å². The van der Waals surface area contributed by atoms with Gasteiger partial charge in [0, 0.05) is 21.2 Å². The minimum atomic E-state index is -3.44. The number of rotatable bonds is 8. The third-order valence-corrected chi connectivity index (χ3v) is 8.59. The van der Waals surface area contributed by atoms with Gasteiger partial charge in [-0.25, -0.2) is 8.42 Å². The van der Waals surface area contributed by atoms with E-state index in [9.17, 15) is 13.2 Å². The Kier molecular flexibility index (Phi) is 6.12. The van der Waals surface area contributed by atoms with Crippen LogP contribution in [0.15, 0.2) is 30.3 Å². The van der Waals surface area contributed by atoms with Gasteiger partial charge >= 0.3 is 0 Å².